The first-order chi connectivity index (χ1) is 10.9. The standard InChI is InChI=1S/C17H23NO4S/c1-3-4-6-11-15-16(18(19)20)12-13(2)17(15)23(21,22)14-9-7-5-8-10-14/h5,7-10,15-17H,2-4,6,11-12H2,1H3/t15-,16+,17-/m1/s1. The van der Waals surface area contributed by atoms with Gasteiger partial charge in [-0.1, -0.05) is 56.5 Å². The number of unbranched alkanes of at least 4 members (excludes halogenated alkanes) is 2. The summed E-state index contributed by atoms with van der Waals surface area (Å²) < 4.78 is 25.9. The van der Waals surface area contributed by atoms with Gasteiger partial charge in [0.25, 0.3) is 0 Å². The summed E-state index contributed by atoms with van der Waals surface area (Å²) in [5, 5.41) is 10.5. The van der Waals surface area contributed by atoms with E-state index in [0.29, 0.717) is 12.0 Å². The maximum Gasteiger partial charge on any atom is 0.221 e. The zero-order valence-electron chi connectivity index (χ0n) is 13.3. The number of hydrogen-bond donors (Lipinski definition) is 0. The molecule has 0 heterocycles. The Morgan fingerprint density at radius 3 is 2.48 bits per heavy atom. The molecule has 1 aromatic rings. The van der Waals surface area contributed by atoms with E-state index in [1.807, 2.05) is 0 Å². The summed E-state index contributed by atoms with van der Waals surface area (Å²) in [5.41, 5.74) is 0.469. The van der Waals surface area contributed by atoms with Gasteiger partial charge in [-0.2, -0.15) is 0 Å². The molecule has 3 atom stereocenters. The Labute approximate surface area is 137 Å². The van der Waals surface area contributed by atoms with Crippen LogP contribution in [0.3, 0.4) is 0 Å². The Morgan fingerprint density at radius 2 is 1.91 bits per heavy atom. The van der Waals surface area contributed by atoms with Crippen LogP contribution in [0.4, 0.5) is 0 Å². The number of hydrogen-bond acceptors (Lipinski definition) is 4. The third-order valence-electron chi connectivity index (χ3n) is 4.57. The Balaban J connectivity index is 2.36. The molecule has 2 rings (SSSR count). The van der Waals surface area contributed by atoms with E-state index in [9.17, 15) is 18.5 Å². The van der Waals surface area contributed by atoms with Crippen LogP contribution >= 0.6 is 0 Å². The molecule has 6 heteroatoms. The third-order valence-corrected chi connectivity index (χ3v) is 6.86. The smallest absolute Gasteiger partial charge is 0.221 e. The number of rotatable bonds is 7. The molecule has 1 fully saturated rings. The largest absolute Gasteiger partial charge is 0.264 e. The van der Waals surface area contributed by atoms with Crippen molar-refractivity contribution in [2.75, 3.05) is 0 Å². The van der Waals surface area contributed by atoms with Gasteiger partial charge in [-0.25, -0.2) is 8.42 Å². The summed E-state index contributed by atoms with van der Waals surface area (Å²) in [7, 11) is -3.64. The Hall–Kier alpha value is -1.69. The highest BCUT2D eigenvalue weighted by Gasteiger charge is 2.51. The van der Waals surface area contributed by atoms with Crippen LogP contribution in [-0.4, -0.2) is 24.6 Å². The molecular weight excluding hydrogens is 314 g/mol. The molecule has 0 unspecified atom stereocenters. The maximum absolute atomic E-state index is 13.0. The Bertz CT molecular complexity index is 669. The van der Waals surface area contributed by atoms with E-state index in [1.54, 1.807) is 30.3 Å². The van der Waals surface area contributed by atoms with Gasteiger partial charge in [0.05, 0.1) is 10.1 Å². The van der Waals surface area contributed by atoms with Crippen molar-refractivity contribution in [1.29, 1.82) is 0 Å². The lowest BCUT2D eigenvalue weighted by molar-refractivity contribution is -0.528. The first-order valence-electron chi connectivity index (χ1n) is 7.99. The second-order valence-corrected chi connectivity index (χ2v) is 8.22. The quantitative estimate of drug-likeness (QED) is 0.329. The lowest BCUT2D eigenvalue weighted by Crippen LogP contribution is -2.34. The van der Waals surface area contributed by atoms with E-state index in [1.165, 1.54) is 0 Å². The minimum absolute atomic E-state index is 0.153. The van der Waals surface area contributed by atoms with Crippen LogP contribution in [-0.2, 0) is 9.84 Å². The summed E-state index contributed by atoms with van der Waals surface area (Å²) in [6.45, 7) is 5.91. The van der Waals surface area contributed by atoms with Gasteiger partial charge in [-0.05, 0) is 18.6 Å². The summed E-state index contributed by atoms with van der Waals surface area (Å²) in [6, 6.07) is 7.34. The first-order valence-corrected chi connectivity index (χ1v) is 9.54. The van der Waals surface area contributed by atoms with Crippen LogP contribution in [0, 0.1) is 16.0 Å². The fourth-order valence-electron chi connectivity index (χ4n) is 3.45. The average Bonchev–Trinajstić information content (AvgIpc) is 2.86. The summed E-state index contributed by atoms with van der Waals surface area (Å²) in [4.78, 5) is 11.3. The molecule has 0 aromatic heterocycles. The highest BCUT2D eigenvalue weighted by molar-refractivity contribution is 7.92. The molecule has 0 saturated heterocycles. The zero-order valence-corrected chi connectivity index (χ0v) is 14.2. The van der Waals surface area contributed by atoms with Crippen molar-refractivity contribution in [3.63, 3.8) is 0 Å². The molecule has 0 amide bonds. The summed E-state index contributed by atoms with van der Waals surface area (Å²) in [5.74, 6) is -0.491. The molecule has 0 radical (unpaired) electrons. The van der Waals surface area contributed by atoms with Crippen LogP contribution in [0.25, 0.3) is 0 Å². The lowest BCUT2D eigenvalue weighted by Gasteiger charge is -2.21. The highest BCUT2D eigenvalue weighted by atomic mass is 32.2. The molecule has 0 N–H and O–H groups in total. The van der Waals surface area contributed by atoms with Gasteiger partial charge in [-0.3, -0.25) is 10.1 Å². The first kappa shape index (κ1) is 17.7. The van der Waals surface area contributed by atoms with Crippen molar-refractivity contribution in [3.05, 3.63) is 52.6 Å². The molecule has 23 heavy (non-hydrogen) atoms. The van der Waals surface area contributed by atoms with Gasteiger partial charge >= 0.3 is 0 Å². The molecule has 1 aliphatic rings. The van der Waals surface area contributed by atoms with Crippen molar-refractivity contribution in [2.24, 2.45) is 5.92 Å². The minimum Gasteiger partial charge on any atom is -0.264 e. The molecule has 5 nitrogen and oxygen atoms in total. The fourth-order valence-corrected chi connectivity index (χ4v) is 5.59. The molecule has 1 aromatic carbocycles. The lowest BCUT2D eigenvalue weighted by atomic mass is 9.96. The second-order valence-electron chi connectivity index (χ2n) is 6.15. The highest BCUT2D eigenvalue weighted by Crippen LogP contribution is 2.41. The minimum atomic E-state index is -3.64. The van der Waals surface area contributed by atoms with Gasteiger partial charge in [-0.15, -0.1) is 0 Å². The topological polar surface area (TPSA) is 77.3 Å². The molecule has 1 saturated carbocycles. The van der Waals surface area contributed by atoms with Crippen LogP contribution in [0.15, 0.2) is 47.4 Å². The predicted octanol–water partition coefficient (Wildman–Crippen LogP) is 3.63. The van der Waals surface area contributed by atoms with Gasteiger partial charge in [0.15, 0.2) is 9.84 Å². The number of nitro groups is 1. The monoisotopic (exact) mass is 337 g/mol. The number of nitrogens with zero attached hydrogens (tertiary/aromatic N) is 1. The van der Waals surface area contributed by atoms with E-state index < -0.39 is 27.0 Å². The SMILES string of the molecule is C=C1C[C@H]([N+](=O)[O-])[C@@H](CCCCC)[C@@H]1S(=O)(=O)c1ccccc1. The third kappa shape index (κ3) is 3.63. The summed E-state index contributed by atoms with van der Waals surface area (Å²) >= 11 is 0. The molecule has 0 bridgehead atoms. The molecule has 126 valence electrons. The van der Waals surface area contributed by atoms with Crippen molar-refractivity contribution in [3.8, 4) is 0 Å². The van der Waals surface area contributed by atoms with Crippen LogP contribution in [0.2, 0.25) is 0 Å². The van der Waals surface area contributed by atoms with Crippen molar-refractivity contribution >= 4 is 9.84 Å². The molecule has 0 aliphatic heterocycles. The van der Waals surface area contributed by atoms with Gasteiger partial charge < -0.3 is 0 Å². The van der Waals surface area contributed by atoms with Crippen LogP contribution in [0.1, 0.15) is 39.0 Å². The van der Waals surface area contributed by atoms with E-state index in [0.717, 1.165) is 19.3 Å². The van der Waals surface area contributed by atoms with E-state index in [-0.39, 0.29) is 16.2 Å². The van der Waals surface area contributed by atoms with Crippen molar-refractivity contribution in [1.82, 2.24) is 0 Å². The van der Waals surface area contributed by atoms with Gasteiger partial charge in [0.2, 0.25) is 6.04 Å². The van der Waals surface area contributed by atoms with Gasteiger partial charge in [0, 0.05) is 17.3 Å². The normalized spacial score (nSPS) is 24.7. The predicted molar refractivity (Wildman–Crippen MR) is 89.6 cm³/mol. The number of sulfone groups is 1. The fraction of sp³-hybridized carbons (Fsp3) is 0.529. The summed E-state index contributed by atoms with van der Waals surface area (Å²) in [6.07, 6.45) is 3.45. The van der Waals surface area contributed by atoms with E-state index in [4.69, 9.17) is 0 Å². The van der Waals surface area contributed by atoms with Crippen molar-refractivity contribution < 1.29 is 13.3 Å². The van der Waals surface area contributed by atoms with Crippen LogP contribution < -0.4 is 0 Å². The second kappa shape index (κ2) is 7.25. The van der Waals surface area contributed by atoms with Crippen LogP contribution in [0.5, 0.6) is 0 Å². The van der Waals surface area contributed by atoms with E-state index >= 15 is 0 Å². The zero-order chi connectivity index (χ0) is 17.0. The van der Waals surface area contributed by atoms with Gasteiger partial charge in [0.1, 0.15) is 0 Å². The molecular formula is C17H23NO4S. The molecule has 1 aliphatic carbocycles. The van der Waals surface area contributed by atoms with Crippen molar-refractivity contribution in [2.45, 2.75) is 55.2 Å². The maximum atomic E-state index is 13.0. The molecule has 0 spiro atoms. The average molecular weight is 337 g/mol. The Morgan fingerprint density at radius 1 is 1.26 bits per heavy atom. The Kier molecular flexibility index (Phi) is 5.57. The van der Waals surface area contributed by atoms with E-state index in [2.05, 4.69) is 13.5 Å². The number of benzene rings is 1.